The van der Waals surface area contributed by atoms with Crippen molar-refractivity contribution in [1.29, 1.82) is 0 Å². The van der Waals surface area contributed by atoms with Gasteiger partial charge in [-0.1, -0.05) is 0 Å². The maximum Gasteiger partial charge on any atom is 0.221 e. The van der Waals surface area contributed by atoms with Crippen LogP contribution < -0.4 is 5.32 Å². The van der Waals surface area contributed by atoms with Gasteiger partial charge in [0.05, 0.1) is 5.38 Å². The van der Waals surface area contributed by atoms with Gasteiger partial charge in [-0.25, -0.2) is 0 Å². The molecule has 1 heterocycles. The first-order chi connectivity index (χ1) is 3.29. The molecule has 1 atom stereocenters. The van der Waals surface area contributed by atoms with Crippen LogP contribution in [0.3, 0.4) is 0 Å². The Balaban J connectivity index is 2.40. The van der Waals surface area contributed by atoms with Gasteiger partial charge in [0, 0.05) is 13.0 Å². The number of alkyl halides is 1. The van der Waals surface area contributed by atoms with Gasteiger partial charge in [-0.3, -0.25) is 4.79 Å². The lowest BCUT2D eigenvalue weighted by atomic mass is 10.4. The molecule has 0 aromatic heterocycles. The smallest absolute Gasteiger partial charge is 0.221 e. The van der Waals surface area contributed by atoms with Crippen LogP contribution in [0.25, 0.3) is 0 Å². The number of nitrogens with one attached hydrogen (secondary N) is 1. The van der Waals surface area contributed by atoms with Crippen molar-refractivity contribution in [3.63, 3.8) is 0 Å². The Kier molecular flexibility index (Phi) is 1.19. The molecule has 0 bridgehead atoms. The number of amides is 1. The molecule has 7 heavy (non-hydrogen) atoms. The second-order valence-electron chi connectivity index (χ2n) is 1.61. The van der Waals surface area contributed by atoms with E-state index in [-0.39, 0.29) is 11.3 Å². The summed E-state index contributed by atoms with van der Waals surface area (Å²) in [5.74, 6) is 0.0694. The number of halogens is 1. The van der Waals surface area contributed by atoms with Gasteiger partial charge in [0.2, 0.25) is 5.91 Å². The molecule has 0 spiro atoms. The van der Waals surface area contributed by atoms with Crippen molar-refractivity contribution in [2.24, 2.45) is 0 Å². The predicted octanol–water partition coefficient (Wildman–Crippen LogP) is 0.114. The summed E-state index contributed by atoms with van der Waals surface area (Å²) in [6.07, 6.45) is 0.488. The van der Waals surface area contributed by atoms with Gasteiger partial charge in [0.15, 0.2) is 0 Å². The van der Waals surface area contributed by atoms with E-state index in [1.807, 2.05) is 0 Å². The first-order valence-electron chi connectivity index (χ1n) is 2.20. The highest BCUT2D eigenvalue weighted by Gasteiger charge is 2.17. The molecule has 0 aliphatic carbocycles. The van der Waals surface area contributed by atoms with E-state index in [9.17, 15) is 4.79 Å². The van der Waals surface area contributed by atoms with E-state index >= 15 is 0 Å². The van der Waals surface area contributed by atoms with Gasteiger partial charge in [0.1, 0.15) is 0 Å². The van der Waals surface area contributed by atoms with E-state index in [2.05, 4.69) is 5.32 Å². The zero-order chi connectivity index (χ0) is 5.28. The van der Waals surface area contributed by atoms with Crippen molar-refractivity contribution in [2.75, 3.05) is 6.54 Å². The van der Waals surface area contributed by atoms with Crippen molar-refractivity contribution < 1.29 is 4.79 Å². The number of hydrogen-bond acceptors (Lipinski definition) is 1. The molecular weight excluding hydrogens is 114 g/mol. The van der Waals surface area contributed by atoms with Crippen LogP contribution in [0.4, 0.5) is 0 Å². The summed E-state index contributed by atoms with van der Waals surface area (Å²) in [4.78, 5) is 10.3. The minimum Gasteiger partial charge on any atom is -0.355 e. The van der Waals surface area contributed by atoms with Gasteiger partial charge >= 0.3 is 0 Å². The Morgan fingerprint density at radius 1 is 1.86 bits per heavy atom. The SMILES string of the molecule is O=C1CC(Cl)CN1. The van der Waals surface area contributed by atoms with Crippen LogP contribution in [-0.2, 0) is 4.79 Å². The number of carbonyl (C=O) groups is 1. The van der Waals surface area contributed by atoms with Crippen molar-refractivity contribution in [3.05, 3.63) is 0 Å². The second kappa shape index (κ2) is 1.70. The summed E-state index contributed by atoms with van der Waals surface area (Å²) >= 11 is 5.52. The fraction of sp³-hybridized carbons (Fsp3) is 0.750. The normalized spacial score (nSPS) is 30.4. The predicted molar refractivity (Wildman–Crippen MR) is 27.3 cm³/mol. The maximum atomic E-state index is 10.3. The molecule has 1 fully saturated rings. The molecule has 2 nitrogen and oxygen atoms in total. The number of rotatable bonds is 0. The van der Waals surface area contributed by atoms with Crippen LogP contribution in [0.5, 0.6) is 0 Å². The largest absolute Gasteiger partial charge is 0.355 e. The van der Waals surface area contributed by atoms with Crippen LogP contribution in [0.1, 0.15) is 6.42 Å². The summed E-state index contributed by atoms with van der Waals surface area (Å²) in [5, 5.41) is 2.63. The summed E-state index contributed by atoms with van der Waals surface area (Å²) in [6, 6.07) is 0. The zero-order valence-corrected chi connectivity index (χ0v) is 4.53. The lowest BCUT2D eigenvalue weighted by molar-refractivity contribution is -0.119. The monoisotopic (exact) mass is 119 g/mol. The Labute approximate surface area is 46.8 Å². The minimum absolute atomic E-state index is 0.0347. The molecule has 40 valence electrons. The Hall–Kier alpha value is -0.240. The van der Waals surface area contributed by atoms with E-state index in [0.717, 1.165) is 0 Å². The fourth-order valence-electron chi connectivity index (χ4n) is 0.570. The van der Waals surface area contributed by atoms with Crippen molar-refractivity contribution in [1.82, 2.24) is 5.32 Å². The number of carbonyl (C=O) groups excluding carboxylic acids is 1. The van der Waals surface area contributed by atoms with Crippen molar-refractivity contribution in [2.45, 2.75) is 11.8 Å². The van der Waals surface area contributed by atoms with Crippen LogP contribution in [0.2, 0.25) is 0 Å². The fourth-order valence-corrected chi connectivity index (χ4v) is 0.787. The quantitative estimate of drug-likeness (QED) is 0.451. The van der Waals surface area contributed by atoms with Crippen LogP contribution in [0.15, 0.2) is 0 Å². The molecule has 1 saturated heterocycles. The van der Waals surface area contributed by atoms with Gasteiger partial charge < -0.3 is 5.32 Å². The lowest BCUT2D eigenvalue weighted by Crippen LogP contribution is -2.13. The molecule has 1 amide bonds. The topological polar surface area (TPSA) is 29.1 Å². The molecular formula is C4H6ClNO. The zero-order valence-electron chi connectivity index (χ0n) is 3.78. The van der Waals surface area contributed by atoms with Gasteiger partial charge in [-0.2, -0.15) is 0 Å². The van der Waals surface area contributed by atoms with Gasteiger partial charge in [-0.15, -0.1) is 11.6 Å². The highest BCUT2D eigenvalue weighted by atomic mass is 35.5. The Bertz CT molecular complexity index is 93.7. The molecule has 0 saturated carbocycles. The minimum atomic E-state index is 0.0347. The third-order valence-electron chi connectivity index (χ3n) is 0.928. The molecule has 0 aromatic carbocycles. The van der Waals surface area contributed by atoms with E-state index in [4.69, 9.17) is 11.6 Å². The van der Waals surface area contributed by atoms with E-state index in [0.29, 0.717) is 13.0 Å². The number of hydrogen-bond donors (Lipinski definition) is 1. The maximum absolute atomic E-state index is 10.3. The summed E-state index contributed by atoms with van der Waals surface area (Å²) in [6.45, 7) is 0.639. The first-order valence-corrected chi connectivity index (χ1v) is 2.63. The van der Waals surface area contributed by atoms with Crippen LogP contribution in [0, 0.1) is 0 Å². The highest BCUT2D eigenvalue weighted by molar-refractivity contribution is 6.22. The van der Waals surface area contributed by atoms with E-state index in [1.54, 1.807) is 0 Å². The molecule has 0 radical (unpaired) electrons. The summed E-state index contributed by atoms with van der Waals surface area (Å²) in [7, 11) is 0. The molecule has 0 aromatic rings. The van der Waals surface area contributed by atoms with Crippen molar-refractivity contribution >= 4 is 17.5 Å². The molecule has 1 N–H and O–H groups in total. The van der Waals surface area contributed by atoms with E-state index in [1.165, 1.54) is 0 Å². The average Bonchev–Trinajstić information content (AvgIpc) is 1.87. The van der Waals surface area contributed by atoms with Crippen molar-refractivity contribution in [3.8, 4) is 0 Å². The second-order valence-corrected chi connectivity index (χ2v) is 2.22. The molecule has 1 aliphatic heterocycles. The first kappa shape index (κ1) is 4.91. The average molecular weight is 120 g/mol. The van der Waals surface area contributed by atoms with Gasteiger partial charge in [0.25, 0.3) is 0 Å². The van der Waals surface area contributed by atoms with E-state index < -0.39 is 0 Å². The standard InChI is InChI=1S/C4H6ClNO/c5-3-1-4(7)6-2-3/h3H,1-2H2,(H,6,7). The Morgan fingerprint density at radius 3 is 2.71 bits per heavy atom. The molecule has 1 unspecified atom stereocenters. The van der Waals surface area contributed by atoms with Crippen LogP contribution in [-0.4, -0.2) is 17.8 Å². The highest BCUT2D eigenvalue weighted by Crippen LogP contribution is 2.05. The Morgan fingerprint density at radius 2 is 2.57 bits per heavy atom. The summed E-state index contributed by atoms with van der Waals surface area (Å²) in [5.41, 5.74) is 0. The molecule has 1 aliphatic rings. The van der Waals surface area contributed by atoms with Crippen LogP contribution >= 0.6 is 11.6 Å². The summed E-state index contributed by atoms with van der Waals surface area (Å²) < 4.78 is 0. The third-order valence-corrected chi connectivity index (χ3v) is 1.24. The lowest BCUT2D eigenvalue weighted by Gasteiger charge is -1.86. The molecule has 1 rings (SSSR count). The van der Waals surface area contributed by atoms with Gasteiger partial charge in [-0.05, 0) is 0 Å². The molecule has 3 heteroatoms. The third kappa shape index (κ3) is 1.06.